The Bertz CT molecular complexity index is 841. The van der Waals surface area contributed by atoms with Crippen LogP contribution in [0.1, 0.15) is 56.9 Å². The van der Waals surface area contributed by atoms with E-state index in [1.807, 2.05) is 11.7 Å². The molecule has 31 heavy (non-hydrogen) atoms. The van der Waals surface area contributed by atoms with Gasteiger partial charge in [0.05, 0.1) is 5.69 Å². The van der Waals surface area contributed by atoms with Gasteiger partial charge in [-0.15, -0.1) is 0 Å². The van der Waals surface area contributed by atoms with E-state index in [4.69, 9.17) is 4.99 Å². The Kier molecular flexibility index (Phi) is 8.13. The summed E-state index contributed by atoms with van der Waals surface area (Å²) in [7, 11) is 4.12. The van der Waals surface area contributed by atoms with E-state index in [0.29, 0.717) is 17.9 Å². The molecule has 1 aliphatic rings. The van der Waals surface area contributed by atoms with Crippen LogP contribution in [0.4, 0.5) is 0 Å². The van der Waals surface area contributed by atoms with Crippen molar-refractivity contribution in [2.45, 2.75) is 59.2 Å². The van der Waals surface area contributed by atoms with Crippen molar-refractivity contribution < 1.29 is 0 Å². The lowest BCUT2D eigenvalue weighted by molar-refractivity contribution is 0.256. The minimum Gasteiger partial charge on any atom is -0.357 e. The molecule has 3 rings (SSSR count). The zero-order valence-electron chi connectivity index (χ0n) is 20.2. The number of aromatic nitrogens is 2. The van der Waals surface area contributed by atoms with Gasteiger partial charge in [0.25, 0.3) is 0 Å². The lowest BCUT2D eigenvalue weighted by Gasteiger charge is -2.23. The summed E-state index contributed by atoms with van der Waals surface area (Å²) >= 11 is 0. The topological polar surface area (TPSA) is 48.7 Å². The molecule has 1 aromatic carbocycles. The summed E-state index contributed by atoms with van der Waals surface area (Å²) in [4.78, 5) is 9.85. The van der Waals surface area contributed by atoms with Gasteiger partial charge in [-0.3, -0.25) is 14.6 Å². The summed E-state index contributed by atoms with van der Waals surface area (Å²) in [6.45, 7) is 13.6. The number of aliphatic imine (C=N–C) groups is 1. The molecule has 6 heteroatoms. The van der Waals surface area contributed by atoms with Gasteiger partial charge in [-0.1, -0.05) is 44.2 Å². The van der Waals surface area contributed by atoms with Crippen LogP contribution in [0.5, 0.6) is 0 Å². The number of rotatable bonds is 8. The number of nitrogens with one attached hydrogen (secondary N) is 1. The van der Waals surface area contributed by atoms with Gasteiger partial charge in [0, 0.05) is 64.6 Å². The maximum atomic E-state index is 5.03. The number of hydrogen-bond acceptors (Lipinski definition) is 3. The van der Waals surface area contributed by atoms with Gasteiger partial charge in [-0.05, 0) is 37.7 Å². The maximum Gasteiger partial charge on any atom is 0.193 e. The second kappa shape index (κ2) is 10.8. The molecule has 1 N–H and O–H groups in total. The third-order valence-electron chi connectivity index (χ3n) is 6.11. The summed E-state index contributed by atoms with van der Waals surface area (Å²) in [5.41, 5.74) is 3.84. The number of nitrogens with zero attached hydrogens (tertiary/aromatic N) is 5. The van der Waals surface area contributed by atoms with Crippen LogP contribution in [-0.2, 0) is 20.1 Å². The summed E-state index contributed by atoms with van der Waals surface area (Å²) in [5.74, 6) is 2.00. The molecule has 1 fully saturated rings. The predicted octanol–water partition coefficient (Wildman–Crippen LogP) is 3.85. The van der Waals surface area contributed by atoms with Crippen LogP contribution in [0.25, 0.3) is 0 Å². The smallest absolute Gasteiger partial charge is 0.193 e. The average molecular weight is 425 g/mol. The van der Waals surface area contributed by atoms with Crippen molar-refractivity contribution in [3.63, 3.8) is 0 Å². The molecule has 1 aliphatic heterocycles. The van der Waals surface area contributed by atoms with Crippen LogP contribution < -0.4 is 5.32 Å². The van der Waals surface area contributed by atoms with E-state index in [9.17, 15) is 0 Å². The summed E-state index contributed by atoms with van der Waals surface area (Å²) in [6.07, 6.45) is 3.34. The minimum absolute atomic E-state index is 0.416. The van der Waals surface area contributed by atoms with E-state index >= 15 is 0 Å². The van der Waals surface area contributed by atoms with Gasteiger partial charge in [0.2, 0.25) is 0 Å². The zero-order chi connectivity index (χ0) is 22.4. The first-order valence-corrected chi connectivity index (χ1v) is 11.7. The first kappa shape index (κ1) is 23.3. The molecular formula is C25H40N6. The molecule has 0 saturated carbocycles. The highest BCUT2D eigenvalue weighted by atomic mass is 15.3. The Hall–Kier alpha value is -2.34. The normalized spacial score (nSPS) is 19.9. The van der Waals surface area contributed by atoms with Crippen LogP contribution in [0.3, 0.4) is 0 Å². The van der Waals surface area contributed by atoms with Crippen molar-refractivity contribution in [3.05, 3.63) is 53.3 Å². The summed E-state index contributed by atoms with van der Waals surface area (Å²) in [5, 5.41) is 8.13. The quantitative estimate of drug-likeness (QED) is 0.517. The lowest BCUT2D eigenvalue weighted by atomic mass is 10.1. The second-order valence-corrected chi connectivity index (χ2v) is 9.28. The van der Waals surface area contributed by atoms with E-state index in [1.54, 1.807) is 0 Å². The Labute approximate surface area is 188 Å². The molecule has 0 spiro atoms. The van der Waals surface area contributed by atoms with E-state index in [-0.39, 0.29) is 0 Å². The highest BCUT2D eigenvalue weighted by Crippen LogP contribution is 2.25. The molecule has 0 radical (unpaired) electrons. The molecule has 0 bridgehead atoms. The van der Waals surface area contributed by atoms with Crippen molar-refractivity contribution in [3.8, 4) is 0 Å². The third kappa shape index (κ3) is 6.33. The van der Waals surface area contributed by atoms with Crippen molar-refractivity contribution in [1.82, 2.24) is 24.9 Å². The van der Waals surface area contributed by atoms with Crippen molar-refractivity contribution in [1.29, 1.82) is 0 Å². The lowest BCUT2D eigenvalue weighted by Crippen LogP contribution is -2.39. The van der Waals surface area contributed by atoms with Gasteiger partial charge < -0.3 is 10.2 Å². The predicted molar refractivity (Wildman–Crippen MR) is 129 cm³/mol. The van der Waals surface area contributed by atoms with Gasteiger partial charge >= 0.3 is 0 Å². The SMILES string of the molecule is CCNC(=NCC1CC(C)N(Cc2ccccc2)C1)N(C)Cc1cn(C)nc1C(C)C. The molecule has 0 aliphatic carbocycles. The Balaban J connectivity index is 1.61. The standard InChI is InChI=1S/C25H40N6/c1-7-26-25(29(5)17-23-18-30(6)28-24(23)19(2)3)27-14-22-13-20(4)31(16-22)15-21-11-9-8-10-12-21/h8-12,18-20,22H,7,13-17H2,1-6H3,(H,26,27). The van der Waals surface area contributed by atoms with Crippen molar-refractivity contribution >= 4 is 5.96 Å². The molecule has 2 atom stereocenters. The van der Waals surface area contributed by atoms with Crippen LogP contribution >= 0.6 is 0 Å². The Morgan fingerprint density at radius 2 is 2.03 bits per heavy atom. The number of likely N-dealkylation sites (tertiary alicyclic amines) is 1. The number of guanidine groups is 1. The van der Waals surface area contributed by atoms with E-state index < -0.39 is 0 Å². The number of hydrogen-bond donors (Lipinski definition) is 1. The van der Waals surface area contributed by atoms with E-state index in [1.165, 1.54) is 23.2 Å². The molecule has 6 nitrogen and oxygen atoms in total. The fourth-order valence-electron chi connectivity index (χ4n) is 4.57. The summed E-state index contributed by atoms with van der Waals surface area (Å²) in [6, 6.07) is 11.4. The van der Waals surface area contributed by atoms with Gasteiger partial charge in [0.1, 0.15) is 0 Å². The van der Waals surface area contributed by atoms with Crippen LogP contribution in [0, 0.1) is 5.92 Å². The van der Waals surface area contributed by atoms with Crippen LogP contribution in [0.15, 0.2) is 41.5 Å². The number of aryl methyl sites for hydroxylation is 1. The third-order valence-corrected chi connectivity index (χ3v) is 6.11. The van der Waals surface area contributed by atoms with Crippen molar-refractivity contribution in [2.75, 3.05) is 26.7 Å². The largest absolute Gasteiger partial charge is 0.357 e. The number of benzene rings is 1. The molecule has 2 heterocycles. The fraction of sp³-hybridized carbons (Fsp3) is 0.600. The van der Waals surface area contributed by atoms with Gasteiger partial charge in [-0.2, -0.15) is 5.10 Å². The highest BCUT2D eigenvalue weighted by Gasteiger charge is 2.29. The van der Waals surface area contributed by atoms with Gasteiger partial charge in [0.15, 0.2) is 5.96 Å². The molecule has 1 saturated heterocycles. The molecule has 0 amide bonds. The van der Waals surface area contributed by atoms with Crippen molar-refractivity contribution in [2.24, 2.45) is 18.0 Å². The molecule has 170 valence electrons. The maximum absolute atomic E-state index is 5.03. The summed E-state index contributed by atoms with van der Waals surface area (Å²) < 4.78 is 1.92. The first-order chi connectivity index (χ1) is 14.9. The molecule has 2 aromatic rings. The molecular weight excluding hydrogens is 384 g/mol. The first-order valence-electron chi connectivity index (χ1n) is 11.7. The van der Waals surface area contributed by atoms with Crippen LogP contribution in [0.2, 0.25) is 0 Å². The van der Waals surface area contributed by atoms with E-state index in [2.05, 4.69) is 91.5 Å². The monoisotopic (exact) mass is 424 g/mol. The minimum atomic E-state index is 0.416. The van der Waals surface area contributed by atoms with E-state index in [0.717, 1.165) is 38.7 Å². The fourth-order valence-corrected chi connectivity index (χ4v) is 4.57. The highest BCUT2D eigenvalue weighted by molar-refractivity contribution is 5.79. The Morgan fingerprint density at radius 1 is 1.29 bits per heavy atom. The molecule has 1 aromatic heterocycles. The van der Waals surface area contributed by atoms with Gasteiger partial charge in [-0.25, -0.2) is 0 Å². The second-order valence-electron chi connectivity index (χ2n) is 9.28. The molecule has 2 unspecified atom stereocenters. The van der Waals surface area contributed by atoms with Crippen LogP contribution in [-0.4, -0.2) is 58.3 Å². The average Bonchev–Trinajstić information content (AvgIpc) is 3.27. The zero-order valence-corrected chi connectivity index (χ0v) is 20.2. The Morgan fingerprint density at radius 3 is 2.71 bits per heavy atom.